The van der Waals surface area contributed by atoms with Crippen molar-refractivity contribution in [1.82, 2.24) is 9.88 Å². The first-order valence-electron chi connectivity index (χ1n) is 6.03. The van der Waals surface area contributed by atoms with E-state index in [0.717, 1.165) is 0 Å². The fraction of sp³-hybridized carbons (Fsp3) is 0.385. The van der Waals surface area contributed by atoms with Crippen molar-refractivity contribution in [3.05, 3.63) is 30.1 Å². The molecule has 1 aliphatic rings. The van der Waals surface area contributed by atoms with Gasteiger partial charge in [0.2, 0.25) is 5.78 Å². The lowest BCUT2D eigenvalue weighted by atomic mass is 10.1. The maximum absolute atomic E-state index is 11.8. The minimum Gasteiger partial charge on any atom is -0.465 e. The van der Waals surface area contributed by atoms with E-state index in [-0.39, 0.29) is 19.7 Å². The van der Waals surface area contributed by atoms with Crippen molar-refractivity contribution in [2.24, 2.45) is 5.92 Å². The van der Waals surface area contributed by atoms with Gasteiger partial charge in [0.25, 0.3) is 5.91 Å². The Morgan fingerprint density at radius 2 is 2.26 bits per heavy atom. The van der Waals surface area contributed by atoms with E-state index >= 15 is 0 Å². The predicted octanol–water partition coefficient (Wildman–Crippen LogP) is 0.172. The predicted molar refractivity (Wildman–Crippen MR) is 64.8 cm³/mol. The molecule has 1 saturated heterocycles. The second-order valence-corrected chi connectivity index (χ2v) is 4.18. The molecule has 1 aromatic rings. The Balaban J connectivity index is 2.06. The molecule has 0 saturated carbocycles. The molecule has 1 aliphatic heterocycles. The summed E-state index contributed by atoms with van der Waals surface area (Å²) in [5.74, 6) is -2.99. The number of likely N-dealkylation sites (tertiary alicyclic amines) is 1. The summed E-state index contributed by atoms with van der Waals surface area (Å²) >= 11 is 0. The van der Waals surface area contributed by atoms with Crippen molar-refractivity contribution >= 4 is 17.7 Å². The van der Waals surface area contributed by atoms with Gasteiger partial charge in [0.1, 0.15) is 5.92 Å². The van der Waals surface area contributed by atoms with Gasteiger partial charge in [0, 0.05) is 12.7 Å². The lowest BCUT2D eigenvalue weighted by Gasteiger charge is -2.14. The summed E-state index contributed by atoms with van der Waals surface area (Å²) in [6.45, 7) is 2.14. The van der Waals surface area contributed by atoms with Crippen LogP contribution in [0.25, 0.3) is 0 Å². The minimum atomic E-state index is -1.00. The van der Waals surface area contributed by atoms with E-state index in [4.69, 9.17) is 4.74 Å². The highest BCUT2D eigenvalue weighted by atomic mass is 16.5. The van der Waals surface area contributed by atoms with Gasteiger partial charge in [-0.25, -0.2) is 0 Å². The highest BCUT2D eigenvalue weighted by molar-refractivity contribution is 6.42. The van der Waals surface area contributed by atoms with E-state index in [9.17, 15) is 14.4 Å². The van der Waals surface area contributed by atoms with E-state index < -0.39 is 23.6 Å². The van der Waals surface area contributed by atoms with Gasteiger partial charge in [-0.05, 0) is 19.1 Å². The molecule has 1 aromatic heterocycles. The molecule has 6 nitrogen and oxygen atoms in total. The molecule has 0 bridgehead atoms. The van der Waals surface area contributed by atoms with E-state index in [0.29, 0.717) is 5.69 Å². The lowest BCUT2D eigenvalue weighted by molar-refractivity contribution is -0.151. The van der Waals surface area contributed by atoms with Crippen molar-refractivity contribution in [2.45, 2.75) is 13.5 Å². The molecule has 1 fully saturated rings. The van der Waals surface area contributed by atoms with Crippen LogP contribution >= 0.6 is 0 Å². The van der Waals surface area contributed by atoms with Gasteiger partial charge in [0.05, 0.1) is 18.8 Å². The third-order valence-electron chi connectivity index (χ3n) is 2.87. The molecule has 2 heterocycles. The minimum absolute atomic E-state index is 0.0626. The van der Waals surface area contributed by atoms with Crippen LogP contribution in [0.15, 0.2) is 24.4 Å². The number of carbonyl (C=O) groups excluding carboxylic acids is 3. The average molecular weight is 262 g/mol. The molecule has 0 N–H and O–H groups in total. The Morgan fingerprint density at radius 3 is 2.89 bits per heavy atom. The molecule has 1 unspecified atom stereocenters. The van der Waals surface area contributed by atoms with Crippen LogP contribution in [0.4, 0.5) is 0 Å². The van der Waals surface area contributed by atoms with E-state index in [1.165, 1.54) is 4.90 Å². The summed E-state index contributed by atoms with van der Waals surface area (Å²) in [5, 5.41) is 0. The van der Waals surface area contributed by atoms with Gasteiger partial charge in [-0.3, -0.25) is 19.4 Å². The maximum atomic E-state index is 11.8. The summed E-state index contributed by atoms with van der Waals surface area (Å²) in [4.78, 5) is 40.5. The molecule has 19 heavy (non-hydrogen) atoms. The molecule has 0 radical (unpaired) electrons. The fourth-order valence-electron chi connectivity index (χ4n) is 1.94. The van der Waals surface area contributed by atoms with Crippen molar-refractivity contribution in [3.63, 3.8) is 0 Å². The van der Waals surface area contributed by atoms with Gasteiger partial charge in [-0.15, -0.1) is 0 Å². The van der Waals surface area contributed by atoms with Crippen molar-refractivity contribution < 1.29 is 19.1 Å². The number of ketones is 1. The van der Waals surface area contributed by atoms with Gasteiger partial charge in [-0.1, -0.05) is 6.07 Å². The smallest absolute Gasteiger partial charge is 0.318 e. The Morgan fingerprint density at radius 1 is 1.47 bits per heavy atom. The van der Waals surface area contributed by atoms with E-state index in [2.05, 4.69) is 4.98 Å². The van der Waals surface area contributed by atoms with Crippen LogP contribution in [0, 0.1) is 5.92 Å². The molecule has 2 rings (SSSR count). The van der Waals surface area contributed by atoms with Gasteiger partial charge >= 0.3 is 5.97 Å². The number of carbonyl (C=O) groups is 3. The number of rotatable bonds is 4. The van der Waals surface area contributed by atoms with Crippen LogP contribution < -0.4 is 0 Å². The maximum Gasteiger partial charge on any atom is 0.318 e. The highest BCUT2D eigenvalue weighted by Crippen LogP contribution is 2.18. The normalized spacial score (nSPS) is 18.8. The first-order valence-corrected chi connectivity index (χ1v) is 6.03. The van der Waals surface area contributed by atoms with E-state index in [1.54, 1.807) is 31.3 Å². The van der Waals surface area contributed by atoms with Gasteiger partial charge in [-0.2, -0.15) is 0 Å². The number of Topliss-reactive ketones (excluding diaryl/α,β-unsaturated/α-hetero) is 1. The molecule has 1 amide bonds. The molecule has 0 aromatic carbocycles. The summed E-state index contributed by atoms with van der Waals surface area (Å²) in [6, 6.07) is 5.32. The second-order valence-electron chi connectivity index (χ2n) is 4.18. The highest BCUT2D eigenvalue weighted by Gasteiger charge is 2.43. The lowest BCUT2D eigenvalue weighted by Crippen LogP contribution is -2.27. The van der Waals surface area contributed by atoms with Crippen LogP contribution in [-0.2, 0) is 25.7 Å². The number of ether oxygens (including phenoxy) is 1. The van der Waals surface area contributed by atoms with Crippen LogP contribution in [0.5, 0.6) is 0 Å². The summed E-state index contributed by atoms with van der Waals surface area (Å²) in [6.07, 6.45) is 1.61. The molecule has 100 valence electrons. The first-order chi connectivity index (χ1) is 9.13. The number of nitrogens with zero attached hydrogens (tertiary/aromatic N) is 2. The summed E-state index contributed by atoms with van der Waals surface area (Å²) in [5.41, 5.74) is 0.674. The second kappa shape index (κ2) is 5.60. The number of hydrogen-bond acceptors (Lipinski definition) is 5. The van der Waals surface area contributed by atoms with Crippen molar-refractivity contribution in [2.75, 3.05) is 13.2 Å². The zero-order chi connectivity index (χ0) is 13.8. The quantitative estimate of drug-likeness (QED) is 0.439. The van der Waals surface area contributed by atoms with Gasteiger partial charge in [0.15, 0.2) is 0 Å². The number of pyridine rings is 1. The fourth-order valence-corrected chi connectivity index (χ4v) is 1.94. The third-order valence-corrected chi connectivity index (χ3v) is 2.87. The summed E-state index contributed by atoms with van der Waals surface area (Å²) in [7, 11) is 0. The molecular formula is C13H14N2O4. The van der Waals surface area contributed by atoms with E-state index in [1.807, 2.05) is 0 Å². The molecule has 0 aliphatic carbocycles. The van der Waals surface area contributed by atoms with Crippen LogP contribution in [0.1, 0.15) is 12.6 Å². The number of esters is 1. The molecule has 6 heteroatoms. The molecule has 1 atom stereocenters. The Kier molecular flexibility index (Phi) is 3.89. The number of hydrogen-bond donors (Lipinski definition) is 0. The number of amides is 1. The van der Waals surface area contributed by atoms with Crippen LogP contribution in [-0.4, -0.2) is 40.7 Å². The van der Waals surface area contributed by atoms with Crippen molar-refractivity contribution in [1.29, 1.82) is 0 Å². The van der Waals surface area contributed by atoms with Crippen LogP contribution in [0.3, 0.4) is 0 Å². The Hall–Kier alpha value is -2.24. The van der Waals surface area contributed by atoms with Crippen molar-refractivity contribution in [3.8, 4) is 0 Å². The van der Waals surface area contributed by atoms with Crippen LogP contribution in [0.2, 0.25) is 0 Å². The zero-order valence-electron chi connectivity index (χ0n) is 10.5. The molecule has 0 spiro atoms. The third kappa shape index (κ3) is 2.78. The van der Waals surface area contributed by atoms with Gasteiger partial charge < -0.3 is 9.64 Å². The summed E-state index contributed by atoms with van der Waals surface area (Å²) < 4.78 is 4.79. The first kappa shape index (κ1) is 13.2. The standard InChI is InChI=1S/C13H14N2O4/c1-2-19-13(18)10-8-15(12(17)11(10)16)7-9-5-3-4-6-14-9/h3-6,10H,2,7-8H2,1H3. The zero-order valence-corrected chi connectivity index (χ0v) is 10.5. The Labute approximate surface area is 110 Å². The largest absolute Gasteiger partial charge is 0.465 e. The Bertz CT molecular complexity index is 501. The number of aromatic nitrogens is 1. The SMILES string of the molecule is CCOC(=O)C1CN(Cc2ccccn2)C(=O)C1=O. The monoisotopic (exact) mass is 262 g/mol. The topological polar surface area (TPSA) is 76.6 Å². The average Bonchev–Trinajstić information content (AvgIpc) is 2.69. The molecular weight excluding hydrogens is 248 g/mol.